The van der Waals surface area contributed by atoms with Gasteiger partial charge in [-0.1, -0.05) is 62.4 Å². The van der Waals surface area contributed by atoms with E-state index in [-0.39, 0.29) is 24.4 Å². The molecule has 2 aromatic carbocycles. The van der Waals surface area contributed by atoms with Crippen molar-refractivity contribution in [2.75, 3.05) is 6.54 Å². The second-order valence-corrected chi connectivity index (χ2v) is 6.34. The van der Waals surface area contributed by atoms with Gasteiger partial charge in [0.1, 0.15) is 0 Å². The number of carbonyl (C=O) groups is 1. The number of hydrogen-bond acceptors (Lipinski definition) is 2. The quantitative estimate of drug-likeness (QED) is 0.833. The standard InChI is InChI=1S/C20H26N2O.ClH/c1-14(2)16-8-10-17(11-9-16)19(21)13-22-20(23)12-18-7-5-4-6-15(18)3;/h4-11,14,19H,12-13,21H2,1-3H3,(H,22,23);1H. The van der Waals surface area contributed by atoms with Crippen LogP contribution < -0.4 is 11.1 Å². The minimum atomic E-state index is -0.183. The molecular weight excluding hydrogens is 320 g/mol. The third kappa shape index (κ3) is 5.66. The molecule has 0 spiro atoms. The predicted octanol–water partition coefficient (Wildman–Crippen LogP) is 3.90. The number of nitrogens with two attached hydrogens (primary N) is 1. The maximum atomic E-state index is 12.1. The fraction of sp³-hybridized carbons (Fsp3) is 0.350. The van der Waals surface area contributed by atoms with E-state index < -0.39 is 0 Å². The van der Waals surface area contributed by atoms with Gasteiger partial charge >= 0.3 is 0 Å². The molecule has 0 aliphatic heterocycles. The Hall–Kier alpha value is -1.84. The third-order valence-corrected chi connectivity index (χ3v) is 4.16. The van der Waals surface area contributed by atoms with Crippen LogP contribution in [0.5, 0.6) is 0 Å². The Kier molecular flexibility index (Phi) is 7.96. The summed E-state index contributed by atoms with van der Waals surface area (Å²) in [6.45, 7) is 6.80. The lowest BCUT2D eigenvalue weighted by molar-refractivity contribution is -0.120. The van der Waals surface area contributed by atoms with E-state index in [1.54, 1.807) is 0 Å². The molecule has 0 radical (unpaired) electrons. The summed E-state index contributed by atoms with van der Waals surface area (Å²) in [6, 6.07) is 16.1. The topological polar surface area (TPSA) is 55.1 Å². The van der Waals surface area contributed by atoms with Crippen molar-refractivity contribution in [1.29, 1.82) is 0 Å². The van der Waals surface area contributed by atoms with E-state index in [0.29, 0.717) is 18.9 Å². The summed E-state index contributed by atoms with van der Waals surface area (Å²) in [7, 11) is 0. The highest BCUT2D eigenvalue weighted by atomic mass is 35.5. The number of rotatable bonds is 6. The maximum absolute atomic E-state index is 12.1. The van der Waals surface area contributed by atoms with Gasteiger partial charge in [0.15, 0.2) is 0 Å². The second kappa shape index (κ2) is 9.45. The summed E-state index contributed by atoms with van der Waals surface area (Å²) < 4.78 is 0. The number of aryl methyl sites for hydroxylation is 1. The van der Waals surface area contributed by atoms with Crippen molar-refractivity contribution in [3.05, 3.63) is 70.8 Å². The van der Waals surface area contributed by atoms with Crippen LogP contribution in [0.25, 0.3) is 0 Å². The monoisotopic (exact) mass is 346 g/mol. The molecule has 0 aliphatic rings. The zero-order valence-electron chi connectivity index (χ0n) is 14.6. The van der Waals surface area contributed by atoms with Crippen LogP contribution in [0.1, 0.15) is 48.1 Å². The molecule has 1 unspecified atom stereocenters. The summed E-state index contributed by atoms with van der Waals surface area (Å²) in [5.41, 5.74) is 10.7. The molecule has 0 bridgehead atoms. The summed E-state index contributed by atoms with van der Waals surface area (Å²) in [5, 5.41) is 2.93. The number of halogens is 1. The highest BCUT2D eigenvalue weighted by Gasteiger charge is 2.10. The first-order chi connectivity index (χ1) is 11.0. The van der Waals surface area contributed by atoms with Gasteiger partial charge in [0.25, 0.3) is 0 Å². The Morgan fingerprint density at radius 3 is 2.21 bits per heavy atom. The van der Waals surface area contributed by atoms with Gasteiger partial charge in [0.05, 0.1) is 6.42 Å². The van der Waals surface area contributed by atoms with Gasteiger partial charge in [0.2, 0.25) is 5.91 Å². The van der Waals surface area contributed by atoms with Gasteiger partial charge in [-0.3, -0.25) is 4.79 Å². The number of benzene rings is 2. The van der Waals surface area contributed by atoms with Crippen LogP contribution in [-0.2, 0) is 11.2 Å². The Labute approximate surface area is 151 Å². The van der Waals surface area contributed by atoms with Crippen molar-refractivity contribution in [3.8, 4) is 0 Å². The minimum Gasteiger partial charge on any atom is -0.354 e. The Balaban J connectivity index is 0.00000288. The van der Waals surface area contributed by atoms with Crippen molar-refractivity contribution in [2.45, 2.75) is 39.2 Å². The van der Waals surface area contributed by atoms with Crippen molar-refractivity contribution >= 4 is 18.3 Å². The highest BCUT2D eigenvalue weighted by molar-refractivity contribution is 5.85. The molecule has 1 atom stereocenters. The highest BCUT2D eigenvalue weighted by Crippen LogP contribution is 2.17. The lowest BCUT2D eigenvalue weighted by Gasteiger charge is -2.15. The van der Waals surface area contributed by atoms with Crippen molar-refractivity contribution in [1.82, 2.24) is 5.32 Å². The number of amides is 1. The molecule has 1 amide bonds. The third-order valence-electron chi connectivity index (χ3n) is 4.16. The molecule has 0 saturated carbocycles. The summed E-state index contributed by atoms with van der Waals surface area (Å²) >= 11 is 0. The lowest BCUT2D eigenvalue weighted by Crippen LogP contribution is -2.33. The Morgan fingerprint density at radius 1 is 1.04 bits per heavy atom. The average molecular weight is 347 g/mol. The van der Waals surface area contributed by atoms with E-state index >= 15 is 0 Å². The molecule has 4 heteroatoms. The van der Waals surface area contributed by atoms with Gasteiger partial charge in [0, 0.05) is 12.6 Å². The van der Waals surface area contributed by atoms with Crippen LogP contribution in [-0.4, -0.2) is 12.5 Å². The fourth-order valence-corrected chi connectivity index (χ4v) is 2.51. The predicted molar refractivity (Wildman–Crippen MR) is 103 cm³/mol. The van der Waals surface area contributed by atoms with Crippen LogP contribution in [0.15, 0.2) is 48.5 Å². The van der Waals surface area contributed by atoms with Gasteiger partial charge in [-0.15, -0.1) is 12.4 Å². The minimum absolute atomic E-state index is 0. The smallest absolute Gasteiger partial charge is 0.224 e. The zero-order valence-corrected chi connectivity index (χ0v) is 15.4. The summed E-state index contributed by atoms with van der Waals surface area (Å²) in [6.07, 6.45) is 0.395. The van der Waals surface area contributed by atoms with Gasteiger partial charge < -0.3 is 11.1 Å². The van der Waals surface area contributed by atoms with Crippen LogP contribution in [0, 0.1) is 6.92 Å². The first-order valence-electron chi connectivity index (χ1n) is 8.14. The van der Waals surface area contributed by atoms with E-state index in [2.05, 4.69) is 31.3 Å². The molecule has 0 fully saturated rings. The average Bonchev–Trinajstić information content (AvgIpc) is 2.55. The van der Waals surface area contributed by atoms with Crippen molar-refractivity contribution in [2.24, 2.45) is 5.73 Å². The van der Waals surface area contributed by atoms with E-state index in [9.17, 15) is 4.79 Å². The molecule has 3 N–H and O–H groups in total. The zero-order chi connectivity index (χ0) is 16.8. The molecular formula is C20H27ClN2O. The number of nitrogens with one attached hydrogen (secondary N) is 1. The van der Waals surface area contributed by atoms with Crippen LogP contribution in [0.3, 0.4) is 0 Å². The molecule has 24 heavy (non-hydrogen) atoms. The van der Waals surface area contributed by atoms with Crippen molar-refractivity contribution in [3.63, 3.8) is 0 Å². The normalized spacial score (nSPS) is 11.7. The number of hydrogen-bond donors (Lipinski definition) is 2. The SMILES string of the molecule is Cc1ccccc1CC(=O)NCC(N)c1ccc(C(C)C)cc1.Cl. The van der Waals surface area contributed by atoms with E-state index in [1.807, 2.05) is 43.3 Å². The molecule has 0 aromatic heterocycles. The van der Waals surface area contributed by atoms with E-state index in [4.69, 9.17) is 5.73 Å². The molecule has 0 saturated heterocycles. The fourth-order valence-electron chi connectivity index (χ4n) is 2.51. The summed E-state index contributed by atoms with van der Waals surface area (Å²) in [4.78, 5) is 12.1. The molecule has 2 aromatic rings. The number of carbonyl (C=O) groups excluding carboxylic acids is 1. The van der Waals surface area contributed by atoms with E-state index in [0.717, 1.165) is 16.7 Å². The second-order valence-electron chi connectivity index (χ2n) is 6.34. The lowest BCUT2D eigenvalue weighted by atomic mass is 9.99. The van der Waals surface area contributed by atoms with Gasteiger partial charge in [-0.2, -0.15) is 0 Å². The van der Waals surface area contributed by atoms with Crippen molar-refractivity contribution < 1.29 is 4.79 Å². The maximum Gasteiger partial charge on any atom is 0.224 e. The van der Waals surface area contributed by atoms with Crippen LogP contribution in [0.2, 0.25) is 0 Å². The molecule has 0 heterocycles. The first-order valence-corrected chi connectivity index (χ1v) is 8.14. The first kappa shape index (κ1) is 20.2. The van der Waals surface area contributed by atoms with Crippen LogP contribution in [0.4, 0.5) is 0 Å². The molecule has 3 nitrogen and oxygen atoms in total. The Bertz CT molecular complexity index is 653. The molecule has 0 aliphatic carbocycles. The van der Waals surface area contributed by atoms with Gasteiger partial charge in [-0.05, 0) is 35.1 Å². The van der Waals surface area contributed by atoms with Gasteiger partial charge in [-0.25, -0.2) is 0 Å². The molecule has 2 rings (SSSR count). The Morgan fingerprint density at radius 2 is 1.62 bits per heavy atom. The largest absolute Gasteiger partial charge is 0.354 e. The van der Waals surface area contributed by atoms with E-state index in [1.165, 1.54) is 5.56 Å². The van der Waals surface area contributed by atoms with Crippen LogP contribution >= 0.6 is 12.4 Å². The molecule has 130 valence electrons. The summed E-state index contributed by atoms with van der Waals surface area (Å²) in [5.74, 6) is 0.516.